The van der Waals surface area contributed by atoms with E-state index in [2.05, 4.69) is 26.2 Å². The van der Waals surface area contributed by atoms with E-state index < -0.39 is 0 Å². The first kappa shape index (κ1) is 20.0. The Morgan fingerprint density at radius 2 is 1.71 bits per heavy atom. The van der Waals surface area contributed by atoms with E-state index in [0.717, 1.165) is 10.2 Å². The molecule has 0 amide bonds. The predicted octanol–water partition coefficient (Wildman–Crippen LogP) is 4.49. The van der Waals surface area contributed by atoms with Gasteiger partial charge in [0.15, 0.2) is 16.6 Å². The number of thiazole rings is 1. The van der Waals surface area contributed by atoms with Crippen LogP contribution in [0.25, 0.3) is 0 Å². The summed E-state index contributed by atoms with van der Waals surface area (Å²) in [6, 6.07) is 10.8. The number of anilines is 3. The average molecular weight is 464 g/mol. The van der Waals surface area contributed by atoms with Gasteiger partial charge in [-0.05, 0) is 36.4 Å². The van der Waals surface area contributed by atoms with Gasteiger partial charge in [-0.25, -0.2) is 4.98 Å². The second-order valence-electron chi connectivity index (χ2n) is 5.58. The fraction of sp³-hybridized carbons (Fsp3) is 0.158. The minimum atomic E-state index is -0.309. The number of nitrogen functional groups attached to an aromatic ring is 1. The van der Waals surface area contributed by atoms with Gasteiger partial charge in [0, 0.05) is 10.2 Å². The van der Waals surface area contributed by atoms with Crippen LogP contribution >= 0.6 is 27.3 Å². The summed E-state index contributed by atoms with van der Waals surface area (Å²) in [7, 11) is 4.46. The number of halogens is 1. The first-order chi connectivity index (χ1) is 13.5. The maximum atomic E-state index is 13.1. The Labute approximate surface area is 174 Å². The van der Waals surface area contributed by atoms with Crippen molar-refractivity contribution in [2.24, 2.45) is 0 Å². The van der Waals surface area contributed by atoms with Gasteiger partial charge in [-0.1, -0.05) is 27.3 Å². The molecular formula is C19H18BrN3O4S. The molecule has 0 aliphatic rings. The van der Waals surface area contributed by atoms with Gasteiger partial charge in [-0.15, -0.1) is 0 Å². The van der Waals surface area contributed by atoms with Gasteiger partial charge in [0.05, 0.1) is 26.9 Å². The van der Waals surface area contributed by atoms with Crippen molar-refractivity contribution in [1.29, 1.82) is 0 Å². The smallest absolute Gasteiger partial charge is 0.210 e. The number of methoxy groups -OCH3 is 3. The molecule has 2 aromatic carbocycles. The maximum Gasteiger partial charge on any atom is 0.210 e. The number of rotatable bonds is 7. The maximum absolute atomic E-state index is 13.1. The zero-order valence-corrected chi connectivity index (χ0v) is 17.8. The molecule has 0 saturated carbocycles. The monoisotopic (exact) mass is 463 g/mol. The summed E-state index contributed by atoms with van der Waals surface area (Å²) in [6.07, 6.45) is 0. The van der Waals surface area contributed by atoms with Gasteiger partial charge in [-0.3, -0.25) is 4.79 Å². The molecule has 3 rings (SSSR count). The number of hydrogen-bond acceptors (Lipinski definition) is 8. The van der Waals surface area contributed by atoms with E-state index in [9.17, 15) is 4.79 Å². The molecule has 0 atom stereocenters. The van der Waals surface area contributed by atoms with Gasteiger partial charge in [0.2, 0.25) is 11.5 Å². The summed E-state index contributed by atoms with van der Waals surface area (Å²) in [6.45, 7) is 0. The third-order valence-electron chi connectivity index (χ3n) is 3.90. The summed E-state index contributed by atoms with van der Waals surface area (Å²) in [4.78, 5) is 17.7. The van der Waals surface area contributed by atoms with Crippen molar-refractivity contribution in [2.75, 3.05) is 32.4 Å². The van der Waals surface area contributed by atoms with E-state index >= 15 is 0 Å². The molecular weight excluding hydrogens is 446 g/mol. The largest absolute Gasteiger partial charge is 0.493 e. The molecule has 3 N–H and O–H groups in total. The van der Waals surface area contributed by atoms with Gasteiger partial charge < -0.3 is 25.3 Å². The molecule has 3 aromatic rings. The van der Waals surface area contributed by atoms with Crippen LogP contribution in [0, 0.1) is 0 Å². The Morgan fingerprint density at radius 3 is 2.32 bits per heavy atom. The van der Waals surface area contributed by atoms with E-state index in [4.69, 9.17) is 19.9 Å². The number of hydrogen-bond donors (Lipinski definition) is 2. The first-order valence-corrected chi connectivity index (χ1v) is 9.72. The summed E-state index contributed by atoms with van der Waals surface area (Å²) < 4.78 is 17.0. The molecule has 0 radical (unpaired) electrons. The van der Waals surface area contributed by atoms with Crippen LogP contribution in [0.4, 0.5) is 16.6 Å². The minimum Gasteiger partial charge on any atom is -0.493 e. The molecule has 0 bridgehead atoms. The van der Waals surface area contributed by atoms with Crippen LogP contribution in [-0.2, 0) is 0 Å². The Balaban J connectivity index is 1.95. The lowest BCUT2D eigenvalue weighted by Crippen LogP contribution is -2.06. The SMILES string of the molecule is COc1ccc(C(=O)c2sc(Nc3ccc(Br)cc3)nc2N)c(OC)c1OC. The summed E-state index contributed by atoms with van der Waals surface area (Å²) in [5.74, 6) is 0.920. The molecule has 0 aliphatic heterocycles. The molecule has 1 heterocycles. The van der Waals surface area contributed by atoms with E-state index in [1.54, 1.807) is 12.1 Å². The highest BCUT2D eigenvalue weighted by Gasteiger charge is 2.25. The lowest BCUT2D eigenvalue weighted by Gasteiger charge is -2.14. The number of ether oxygens (including phenoxy) is 3. The van der Waals surface area contributed by atoms with Crippen molar-refractivity contribution in [3.8, 4) is 17.2 Å². The van der Waals surface area contributed by atoms with Gasteiger partial charge in [0.1, 0.15) is 10.7 Å². The van der Waals surface area contributed by atoms with Crippen LogP contribution in [-0.4, -0.2) is 32.1 Å². The molecule has 0 fully saturated rings. The molecule has 9 heteroatoms. The number of ketones is 1. The third-order valence-corrected chi connectivity index (χ3v) is 5.42. The number of benzene rings is 2. The summed E-state index contributed by atoms with van der Waals surface area (Å²) >= 11 is 4.56. The third kappa shape index (κ3) is 3.90. The zero-order valence-electron chi connectivity index (χ0n) is 15.4. The highest BCUT2D eigenvalue weighted by Crippen LogP contribution is 2.41. The van der Waals surface area contributed by atoms with Crippen molar-refractivity contribution in [2.45, 2.75) is 0 Å². The van der Waals surface area contributed by atoms with Crippen LogP contribution in [0.1, 0.15) is 15.2 Å². The van der Waals surface area contributed by atoms with E-state index in [-0.39, 0.29) is 17.4 Å². The van der Waals surface area contributed by atoms with E-state index in [1.807, 2.05) is 24.3 Å². The molecule has 28 heavy (non-hydrogen) atoms. The van der Waals surface area contributed by atoms with Crippen molar-refractivity contribution in [1.82, 2.24) is 4.98 Å². The zero-order chi connectivity index (χ0) is 20.3. The summed E-state index contributed by atoms with van der Waals surface area (Å²) in [5, 5.41) is 3.66. The Morgan fingerprint density at radius 1 is 1.04 bits per heavy atom. The van der Waals surface area contributed by atoms with Crippen molar-refractivity contribution in [3.63, 3.8) is 0 Å². The topological polar surface area (TPSA) is 95.7 Å². The standard InChI is InChI=1S/C19H18BrN3O4S/c1-25-13-9-8-12(15(26-2)16(13)27-3)14(24)17-18(21)23-19(28-17)22-11-6-4-10(20)5-7-11/h4-9H,21H2,1-3H3,(H,22,23). The summed E-state index contributed by atoms with van der Waals surface area (Å²) in [5.41, 5.74) is 7.15. The molecule has 0 saturated heterocycles. The van der Waals surface area contributed by atoms with Crippen molar-refractivity contribution in [3.05, 3.63) is 51.3 Å². The number of carbonyl (C=O) groups excluding carboxylic acids is 1. The van der Waals surface area contributed by atoms with Crippen LogP contribution in [0.5, 0.6) is 17.2 Å². The molecule has 146 valence electrons. The number of nitrogens with one attached hydrogen (secondary N) is 1. The quantitative estimate of drug-likeness (QED) is 0.498. The Hall–Kier alpha value is -2.78. The van der Waals surface area contributed by atoms with Gasteiger partial charge in [0.25, 0.3) is 0 Å². The van der Waals surface area contributed by atoms with Crippen LogP contribution < -0.4 is 25.3 Å². The minimum absolute atomic E-state index is 0.145. The number of carbonyl (C=O) groups is 1. The molecule has 0 spiro atoms. The van der Waals surface area contributed by atoms with Crippen molar-refractivity contribution >= 4 is 49.7 Å². The Bertz CT molecular complexity index is 1010. The predicted molar refractivity (Wildman–Crippen MR) is 113 cm³/mol. The molecule has 0 aliphatic carbocycles. The van der Waals surface area contributed by atoms with E-state index in [1.165, 1.54) is 32.7 Å². The molecule has 1 aromatic heterocycles. The van der Waals surface area contributed by atoms with Gasteiger partial charge in [-0.2, -0.15) is 0 Å². The van der Waals surface area contributed by atoms with Crippen LogP contribution in [0.2, 0.25) is 0 Å². The van der Waals surface area contributed by atoms with Crippen molar-refractivity contribution < 1.29 is 19.0 Å². The number of nitrogens with zero attached hydrogens (tertiary/aromatic N) is 1. The fourth-order valence-corrected chi connectivity index (χ4v) is 3.73. The Kier molecular flexibility index (Phi) is 6.05. The highest BCUT2D eigenvalue weighted by molar-refractivity contribution is 9.10. The number of nitrogens with two attached hydrogens (primary N) is 1. The first-order valence-electron chi connectivity index (χ1n) is 8.11. The highest BCUT2D eigenvalue weighted by atomic mass is 79.9. The lowest BCUT2D eigenvalue weighted by atomic mass is 10.1. The van der Waals surface area contributed by atoms with Crippen LogP contribution in [0.3, 0.4) is 0 Å². The molecule has 0 unspecified atom stereocenters. The van der Waals surface area contributed by atoms with E-state index in [0.29, 0.717) is 27.1 Å². The normalized spacial score (nSPS) is 10.4. The average Bonchev–Trinajstić information content (AvgIpc) is 3.07. The second kappa shape index (κ2) is 8.49. The lowest BCUT2D eigenvalue weighted by molar-refractivity contribution is 0.103. The van der Waals surface area contributed by atoms with Gasteiger partial charge >= 0.3 is 0 Å². The number of aromatic nitrogens is 1. The van der Waals surface area contributed by atoms with Crippen LogP contribution in [0.15, 0.2) is 40.9 Å². The molecule has 7 nitrogen and oxygen atoms in total. The fourth-order valence-electron chi connectivity index (χ4n) is 2.61. The second-order valence-corrected chi connectivity index (χ2v) is 7.49.